The van der Waals surface area contributed by atoms with Gasteiger partial charge in [0.05, 0.1) is 6.04 Å². The molecule has 0 fully saturated rings. The molecule has 0 aliphatic rings. The minimum atomic E-state index is -0.452. The van der Waals surface area contributed by atoms with Crippen molar-refractivity contribution in [3.8, 4) is 0 Å². The summed E-state index contributed by atoms with van der Waals surface area (Å²) >= 11 is 3.35. The molecular weight excluding hydrogens is 293 g/mol. The molecule has 94 valence electrons. The molecule has 1 atom stereocenters. The Labute approximate surface area is 115 Å². The van der Waals surface area contributed by atoms with Crippen LogP contribution in [0.15, 0.2) is 46.9 Å². The summed E-state index contributed by atoms with van der Waals surface area (Å²) in [5.74, 6) is -0.281. The topological polar surface area (TPSA) is 26.0 Å². The third kappa shape index (κ3) is 2.62. The molecule has 18 heavy (non-hydrogen) atoms. The number of nitrogens with two attached hydrogens (primary N) is 1. The molecule has 0 radical (unpaired) electrons. The van der Waals surface area contributed by atoms with E-state index < -0.39 is 6.04 Å². The average molecular weight is 308 g/mol. The summed E-state index contributed by atoms with van der Waals surface area (Å²) in [6, 6.07) is 12.4. The quantitative estimate of drug-likeness (QED) is 0.903. The van der Waals surface area contributed by atoms with Crippen molar-refractivity contribution in [1.29, 1.82) is 0 Å². The Morgan fingerprint density at radius 3 is 2.39 bits per heavy atom. The van der Waals surface area contributed by atoms with E-state index in [0.29, 0.717) is 10.0 Å². The van der Waals surface area contributed by atoms with Crippen LogP contribution in [-0.4, -0.2) is 0 Å². The molecule has 0 aliphatic heterocycles. The maximum atomic E-state index is 13.8. The lowest BCUT2D eigenvalue weighted by atomic mass is 9.98. The fourth-order valence-corrected chi connectivity index (χ4v) is 2.52. The first-order valence-corrected chi connectivity index (χ1v) is 6.71. The highest BCUT2D eigenvalue weighted by molar-refractivity contribution is 9.10. The van der Waals surface area contributed by atoms with Crippen LogP contribution in [0.5, 0.6) is 0 Å². The Kier molecular flexibility index (Phi) is 4.15. The van der Waals surface area contributed by atoms with Crippen molar-refractivity contribution < 1.29 is 4.39 Å². The maximum absolute atomic E-state index is 13.8. The van der Waals surface area contributed by atoms with Gasteiger partial charge in [-0.25, -0.2) is 4.39 Å². The highest BCUT2D eigenvalue weighted by Gasteiger charge is 2.16. The van der Waals surface area contributed by atoms with E-state index in [4.69, 9.17) is 5.73 Å². The van der Waals surface area contributed by atoms with E-state index >= 15 is 0 Å². The van der Waals surface area contributed by atoms with Crippen LogP contribution in [0.3, 0.4) is 0 Å². The fraction of sp³-hybridized carbons (Fsp3) is 0.200. The van der Waals surface area contributed by atoms with Gasteiger partial charge in [0.25, 0.3) is 0 Å². The summed E-state index contributed by atoms with van der Waals surface area (Å²) in [6.45, 7) is 2.10. The molecule has 0 saturated carbocycles. The van der Waals surface area contributed by atoms with Crippen LogP contribution >= 0.6 is 15.9 Å². The summed E-state index contributed by atoms with van der Waals surface area (Å²) in [7, 11) is 0. The maximum Gasteiger partial charge on any atom is 0.129 e. The molecule has 0 spiro atoms. The first-order valence-electron chi connectivity index (χ1n) is 5.91. The lowest BCUT2D eigenvalue weighted by Crippen LogP contribution is -2.14. The molecular formula is C15H15BrFN. The van der Waals surface area contributed by atoms with Gasteiger partial charge in [0.2, 0.25) is 0 Å². The highest BCUT2D eigenvalue weighted by Crippen LogP contribution is 2.29. The number of hydrogen-bond donors (Lipinski definition) is 1. The van der Waals surface area contributed by atoms with Gasteiger partial charge in [-0.3, -0.25) is 0 Å². The van der Waals surface area contributed by atoms with E-state index in [9.17, 15) is 4.39 Å². The monoisotopic (exact) mass is 307 g/mol. The van der Waals surface area contributed by atoms with Gasteiger partial charge < -0.3 is 5.73 Å². The lowest BCUT2D eigenvalue weighted by Gasteiger charge is -2.15. The van der Waals surface area contributed by atoms with E-state index in [0.717, 1.165) is 12.0 Å². The molecule has 2 N–H and O–H groups in total. The first-order chi connectivity index (χ1) is 8.63. The largest absolute Gasteiger partial charge is 0.320 e. The van der Waals surface area contributed by atoms with Gasteiger partial charge in [-0.05, 0) is 29.7 Å². The molecule has 2 rings (SSSR count). The zero-order valence-electron chi connectivity index (χ0n) is 10.2. The van der Waals surface area contributed by atoms with E-state index in [2.05, 4.69) is 22.9 Å². The third-order valence-corrected chi connectivity index (χ3v) is 3.75. The van der Waals surface area contributed by atoms with Gasteiger partial charge in [-0.15, -0.1) is 0 Å². The second kappa shape index (κ2) is 5.63. The molecule has 0 bridgehead atoms. The van der Waals surface area contributed by atoms with Gasteiger partial charge in [0.1, 0.15) is 5.82 Å². The van der Waals surface area contributed by atoms with Crippen molar-refractivity contribution in [2.24, 2.45) is 5.73 Å². The van der Waals surface area contributed by atoms with E-state index in [-0.39, 0.29) is 5.82 Å². The van der Waals surface area contributed by atoms with E-state index in [1.807, 2.05) is 24.3 Å². The van der Waals surface area contributed by atoms with Crippen molar-refractivity contribution in [2.45, 2.75) is 19.4 Å². The van der Waals surface area contributed by atoms with Crippen molar-refractivity contribution in [3.63, 3.8) is 0 Å². The van der Waals surface area contributed by atoms with Gasteiger partial charge >= 0.3 is 0 Å². The summed E-state index contributed by atoms with van der Waals surface area (Å²) in [5, 5.41) is 0. The van der Waals surface area contributed by atoms with Crippen molar-refractivity contribution in [1.82, 2.24) is 0 Å². The summed E-state index contributed by atoms with van der Waals surface area (Å²) in [5.41, 5.74) is 8.80. The van der Waals surface area contributed by atoms with Crippen LogP contribution in [0.1, 0.15) is 29.7 Å². The summed E-state index contributed by atoms with van der Waals surface area (Å²) in [6.07, 6.45) is 0.985. The Balaban J connectivity index is 2.38. The normalized spacial score (nSPS) is 12.4. The van der Waals surface area contributed by atoms with Crippen LogP contribution in [-0.2, 0) is 6.42 Å². The highest BCUT2D eigenvalue weighted by atomic mass is 79.9. The Bertz CT molecular complexity index is 516. The number of aryl methyl sites for hydroxylation is 1. The Morgan fingerprint density at radius 2 is 1.83 bits per heavy atom. The predicted octanol–water partition coefficient (Wildman–Crippen LogP) is 4.20. The molecule has 0 aliphatic carbocycles. The molecule has 0 saturated heterocycles. The smallest absolute Gasteiger partial charge is 0.129 e. The second-order valence-corrected chi connectivity index (χ2v) is 5.06. The fourth-order valence-electron chi connectivity index (χ4n) is 1.94. The van der Waals surface area contributed by atoms with Crippen LogP contribution in [0.4, 0.5) is 4.39 Å². The predicted molar refractivity (Wildman–Crippen MR) is 76.0 cm³/mol. The molecule has 2 aromatic carbocycles. The lowest BCUT2D eigenvalue weighted by molar-refractivity contribution is 0.598. The average Bonchev–Trinajstić information content (AvgIpc) is 2.38. The van der Waals surface area contributed by atoms with E-state index in [1.54, 1.807) is 12.1 Å². The number of benzene rings is 2. The minimum Gasteiger partial charge on any atom is -0.320 e. The van der Waals surface area contributed by atoms with Crippen molar-refractivity contribution in [2.75, 3.05) is 0 Å². The van der Waals surface area contributed by atoms with Gasteiger partial charge in [-0.2, -0.15) is 0 Å². The number of hydrogen-bond acceptors (Lipinski definition) is 1. The van der Waals surface area contributed by atoms with Gasteiger partial charge in [0, 0.05) is 10.0 Å². The summed E-state index contributed by atoms with van der Waals surface area (Å²) < 4.78 is 14.5. The van der Waals surface area contributed by atoms with Crippen LogP contribution < -0.4 is 5.73 Å². The number of halogens is 2. The summed E-state index contributed by atoms with van der Waals surface area (Å²) in [4.78, 5) is 0. The van der Waals surface area contributed by atoms with Crippen LogP contribution in [0.2, 0.25) is 0 Å². The molecule has 0 amide bonds. The Hall–Kier alpha value is -1.19. The molecule has 0 heterocycles. The first kappa shape index (κ1) is 13.2. The standard InChI is InChI=1S/C15H15BrFN/c1-2-10-6-8-11(9-7-10)15(18)14-12(16)4-3-5-13(14)17/h3-9,15H,2,18H2,1H3. The van der Waals surface area contributed by atoms with Gasteiger partial charge in [0.15, 0.2) is 0 Å². The number of rotatable bonds is 3. The minimum absolute atomic E-state index is 0.281. The van der Waals surface area contributed by atoms with E-state index in [1.165, 1.54) is 11.6 Å². The SMILES string of the molecule is CCc1ccc(C(N)c2c(F)cccc2Br)cc1. The second-order valence-electron chi connectivity index (χ2n) is 4.21. The van der Waals surface area contributed by atoms with Crippen LogP contribution in [0, 0.1) is 5.82 Å². The van der Waals surface area contributed by atoms with Crippen molar-refractivity contribution >= 4 is 15.9 Å². The molecule has 0 aromatic heterocycles. The molecule has 2 aromatic rings. The Morgan fingerprint density at radius 1 is 1.17 bits per heavy atom. The van der Waals surface area contributed by atoms with Crippen molar-refractivity contribution in [3.05, 3.63) is 69.4 Å². The van der Waals surface area contributed by atoms with Crippen LogP contribution in [0.25, 0.3) is 0 Å². The zero-order chi connectivity index (χ0) is 13.1. The molecule has 3 heteroatoms. The van der Waals surface area contributed by atoms with Gasteiger partial charge in [-0.1, -0.05) is 53.2 Å². The zero-order valence-corrected chi connectivity index (χ0v) is 11.7. The molecule has 1 nitrogen and oxygen atoms in total. The molecule has 1 unspecified atom stereocenters. The third-order valence-electron chi connectivity index (χ3n) is 3.06.